The van der Waals surface area contributed by atoms with Crippen molar-refractivity contribution in [3.63, 3.8) is 0 Å². The number of para-hydroxylation sites is 1. The standard InChI is InChI=1S/C47H77NO6Si2/c1-34-36(30-38(53-55(12,13)44(2,3)4)31-41(34)54-56(14,15)45(5,6)7)27-26-35-22-21-29-47(10)39(25-19-20-28-46(8,9)51-33-50-11)42(32-40(35)47)52-43(49)48-37-23-17-16-18-24-37/h16-18,23-27,38,40-42H,1,19-22,28-33H2,2-15H3,(H,48,49)/b35-26+,36-27-,39-25-/t38-,40+,41+,42-,47-/m1/s1. The number of carbonyl (C=O) groups is 1. The third kappa shape index (κ3) is 11.7. The molecule has 3 saturated carbocycles. The summed E-state index contributed by atoms with van der Waals surface area (Å²) in [5.41, 5.74) is 5.38. The van der Waals surface area contributed by atoms with Crippen LogP contribution in [0.2, 0.25) is 36.3 Å². The normalized spacial score (nSPS) is 27.5. The number of nitrogens with one attached hydrogen (secondary N) is 1. The lowest BCUT2D eigenvalue weighted by Crippen LogP contribution is -2.49. The summed E-state index contributed by atoms with van der Waals surface area (Å²) in [6.07, 6.45) is 14.9. The summed E-state index contributed by atoms with van der Waals surface area (Å²) in [4.78, 5) is 13.4. The van der Waals surface area contributed by atoms with Gasteiger partial charge < -0.3 is 23.1 Å². The lowest BCUT2D eigenvalue weighted by atomic mass is 9.65. The first-order valence-corrected chi connectivity index (χ1v) is 27.0. The molecule has 7 nitrogen and oxygen atoms in total. The Labute approximate surface area is 343 Å². The van der Waals surface area contributed by atoms with Crippen molar-refractivity contribution in [2.45, 2.75) is 180 Å². The molecule has 3 aliphatic rings. The Bertz CT molecular complexity index is 1600. The van der Waals surface area contributed by atoms with Crippen molar-refractivity contribution in [1.29, 1.82) is 0 Å². The Morgan fingerprint density at radius 1 is 0.929 bits per heavy atom. The molecule has 0 heterocycles. The minimum Gasteiger partial charge on any atom is -0.441 e. The van der Waals surface area contributed by atoms with Crippen molar-refractivity contribution in [2.24, 2.45) is 11.3 Å². The molecule has 1 aromatic rings. The van der Waals surface area contributed by atoms with Gasteiger partial charge in [0.15, 0.2) is 16.6 Å². The summed E-state index contributed by atoms with van der Waals surface area (Å²) in [5.74, 6) is 0.269. The van der Waals surface area contributed by atoms with Crippen LogP contribution >= 0.6 is 0 Å². The molecule has 1 N–H and O–H groups in total. The number of carbonyl (C=O) groups excluding carboxylic acids is 1. The van der Waals surface area contributed by atoms with Crippen LogP contribution in [-0.4, -0.2) is 60.5 Å². The number of amides is 1. The second-order valence-electron chi connectivity index (χ2n) is 20.6. The summed E-state index contributed by atoms with van der Waals surface area (Å²) in [6, 6.07) is 9.55. The van der Waals surface area contributed by atoms with Crippen molar-refractivity contribution in [3.8, 4) is 0 Å². The smallest absolute Gasteiger partial charge is 0.412 e. The molecule has 1 aromatic carbocycles. The van der Waals surface area contributed by atoms with E-state index in [0.717, 1.165) is 69.0 Å². The molecule has 3 fully saturated rings. The predicted octanol–water partition coefficient (Wildman–Crippen LogP) is 13.3. The van der Waals surface area contributed by atoms with Gasteiger partial charge in [0.05, 0.1) is 17.8 Å². The SMILES string of the molecule is C=C1/C(=C\C=C2/CCC[C@]3(C)/C(=C\CCCC(C)(C)OCOC)[C@H](OC(=O)Nc4ccccc4)C[C@@H]23)C[C@@H](O[Si](C)(C)C(C)(C)C)C[C@@H]1O[Si](C)(C)C(C)(C)C. The second-order valence-corrected chi connectivity index (χ2v) is 30.1. The van der Waals surface area contributed by atoms with Crippen LogP contribution in [0.5, 0.6) is 0 Å². The molecule has 0 unspecified atom stereocenters. The summed E-state index contributed by atoms with van der Waals surface area (Å²) in [6.45, 7) is 34.9. The number of allylic oxidation sites excluding steroid dienone is 4. The Kier molecular flexibility index (Phi) is 15.2. The van der Waals surface area contributed by atoms with Gasteiger partial charge in [-0.1, -0.05) is 97.0 Å². The van der Waals surface area contributed by atoms with Gasteiger partial charge in [-0.3, -0.25) is 5.32 Å². The Balaban J connectivity index is 1.65. The number of fused-ring (bicyclic) bond motifs is 1. The summed E-state index contributed by atoms with van der Waals surface area (Å²) < 4.78 is 31.7. The van der Waals surface area contributed by atoms with E-state index in [1.165, 1.54) is 16.7 Å². The number of rotatable bonds is 14. The number of benzene rings is 1. The molecule has 1 amide bonds. The minimum atomic E-state index is -2.07. The number of anilines is 1. The highest BCUT2D eigenvalue weighted by molar-refractivity contribution is 6.74. The van der Waals surface area contributed by atoms with Crippen LogP contribution in [0, 0.1) is 11.3 Å². The maximum atomic E-state index is 13.4. The van der Waals surface area contributed by atoms with E-state index in [1.54, 1.807) is 7.11 Å². The molecule has 0 bridgehead atoms. The minimum absolute atomic E-state index is 0.0625. The maximum absolute atomic E-state index is 13.4. The number of unbranched alkanes of at least 4 members (excludes halogenated alkanes) is 1. The molecule has 0 spiro atoms. The summed E-state index contributed by atoms with van der Waals surface area (Å²) in [7, 11) is -2.43. The molecule has 0 saturated heterocycles. The van der Waals surface area contributed by atoms with Crippen LogP contribution in [0.1, 0.15) is 120 Å². The fourth-order valence-corrected chi connectivity index (χ4v) is 10.9. The number of hydrogen-bond acceptors (Lipinski definition) is 6. The Morgan fingerprint density at radius 2 is 1.57 bits per heavy atom. The van der Waals surface area contributed by atoms with Gasteiger partial charge in [-0.05, 0) is 142 Å². The first-order valence-electron chi connectivity index (χ1n) is 21.2. The van der Waals surface area contributed by atoms with Crippen LogP contribution in [0.3, 0.4) is 0 Å². The molecule has 0 aliphatic heterocycles. The third-order valence-electron chi connectivity index (χ3n) is 13.8. The van der Waals surface area contributed by atoms with Crippen molar-refractivity contribution in [2.75, 3.05) is 19.2 Å². The van der Waals surface area contributed by atoms with Crippen molar-refractivity contribution in [1.82, 2.24) is 0 Å². The molecule has 314 valence electrons. The molecule has 56 heavy (non-hydrogen) atoms. The molecule has 5 atom stereocenters. The molecule has 9 heteroatoms. The second kappa shape index (κ2) is 18.3. The highest BCUT2D eigenvalue weighted by Crippen LogP contribution is 2.58. The van der Waals surface area contributed by atoms with E-state index < -0.39 is 22.7 Å². The largest absolute Gasteiger partial charge is 0.441 e. The zero-order valence-electron chi connectivity index (χ0n) is 37.7. The van der Waals surface area contributed by atoms with Gasteiger partial charge in [0, 0.05) is 19.2 Å². The average Bonchev–Trinajstić information content (AvgIpc) is 3.36. The van der Waals surface area contributed by atoms with Gasteiger partial charge in [0.1, 0.15) is 12.9 Å². The average molecular weight is 808 g/mol. The monoisotopic (exact) mass is 808 g/mol. The van der Waals surface area contributed by atoms with Crippen LogP contribution in [0.25, 0.3) is 0 Å². The molecular weight excluding hydrogens is 731 g/mol. The summed E-state index contributed by atoms with van der Waals surface area (Å²) >= 11 is 0. The number of ether oxygens (including phenoxy) is 3. The van der Waals surface area contributed by atoms with Crippen LogP contribution < -0.4 is 5.32 Å². The molecule has 0 aromatic heterocycles. The molecular formula is C47H77NO6Si2. The molecule has 4 rings (SSSR count). The van der Waals surface area contributed by atoms with E-state index in [4.69, 9.17) is 29.6 Å². The summed E-state index contributed by atoms with van der Waals surface area (Å²) in [5, 5.41) is 3.18. The van der Waals surface area contributed by atoms with Crippen molar-refractivity contribution in [3.05, 3.63) is 77.4 Å². The fraction of sp³-hybridized carbons (Fsp3) is 0.681. The van der Waals surface area contributed by atoms with E-state index in [1.807, 2.05) is 30.3 Å². The van der Waals surface area contributed by atoms with Gasteiger partial charge in [-0.2, -0.15) is 0 Å². The van der Waals surface area contributed by atoms with Crippen LogP contribution in [-0.2, 0) is 23.1 Å². The van der Waals surface area contributed by atoms with E-state index >= 15 is 0 Å². The van der Waals surface area contributed by atoms with Crippen LogP contribution in [0.4, 0.5) is 10.5 Å². The van der Waals surface area contributed by atoms with Gasteiger partial charge in [0.2, 0.25) is 0 Å². The first-order chi connectivity index (χ1) is 25.9. The Morgan fingerprint density at radius 3 is 2.20 bits per heavy atom. The van der Waals surface area contributed by atoms with E-state index in [9.17, 15) is 4.79 Å². The lowest BCUT2D eigenvalue weighted by molar-refractivity contribution is -0.117. The van der Waals surface area contributed by atoms with Crippen molar-refractivity contribution >= 4 is 28.4 Å². The van der Waals surface area contributed by atoms with Gasteiger partial charge in [0.25, 0.3) is 0 Å². The van der Waals surface area contributed by atoms with Crippen LogP contribution in [0.15, 0.2) is 77.4 Å². The highest BCUT2D eigenvalue weighted by atomic mass is 28.4. The zero-order chi connectivity index (χ0) is 41.7. The van der Waals surface area contributed by atoms with E-state index in [2.05, 4.69) is 112 Å². The van der Waals surface area contributed by atoms with Gasteiger partial charge in [-0.25, -0.2) is 4.79 Å². The van der Waals surface area contributed by atoms with E-state index in [0.29, 0.717) is 0 Å². The highest BCUT2D eigenvalue weighted by Gasteiger charge is 2.52. The molecule has 0 radical (unpaired) electrons. The zero-order valence-corrected chi connectivity index (χ0v) is 39.7. The number of hydrogen-bond donors (Lipinski definition) is 1. The van der Waals surface area contributed by atoms with E-state index in [-0.39, 0.29) is 52.1 Å². The van der Waals surface area contributed by atoms with Crippen molar-refractivity contribution < 1.29 is 27.9 Å². The fourth-order valence-electron chi connectivity index (χ4n) is 8.20. The van der Waals surface area contributed by atoms with Gasteiger partial charge >= 0.3 is 6.09 Å². The third-order valence-corrected chi connectivity index (χ3v) is 22.8. The first kappa shape index (κ1) is 46.4. The maximum Gasteiger partial charge on any atom is 0.412 e. The van der Waals surface area contributed by atoms with Gasteiger partial charge in [-0.15, -0.1) is 0 Å². The predicted molar refractivity (Wildman–Crippen MR) is 238 cm³/mol. The quantitative estimate of drug-likeness (QED) is 0.0873. The lowest BCUT2D eigenvalue weighted by Gasteiger charge is -2.45. The topological polar surface area (TPSA) is 75.3 Å². The Hall–Kier alpha value is -2.28. The molecule has 3 aliphatic carbocycles. The number of methoxy groups -OCH3 is 1.